The molecule has 1 N–H and O–H groups in total. The van der Waals surface area contributed by atoms with Gasteiger partial charge < -0.3 is 9.57 Å². The van der Waals surface area contributed by atoms with Crippen molar-refractivity contribution in [2.24, 2.45) is 5.92 Å². The minimum absolute atomic E-state index is 0.192. The van der Waals surface area contributed by atoms with Gasteiger partial charge in [0, 0.05) is 17.2 Å². The van der Waals surface area contributed by atoms with Crippen molar-refractivity contribution in [1.29, 1.82) is 0 Å². The molecule has 2 aliphatic heterocycles. The molecule has 0 bridgehead atoms. The average molecular weight is 252 g/mol. The minimum Gasteiger partial charge on any atom is -0.376 e. The number of hydrogen-bond acceptors (Lipinski definition) is 4. The van der Waals surface area contributed by atoms with Crippen LogP contribution in [0.25, 0.3) is 0 Å². The van der Waals surface area contributed by atoms with Crippen LogP contribution >= 0.6 is 0 Å². The van der Waals surface area contributed by atoms with Gasteiger partial charge in [-0.05, 0) is 26.3 Å². The van der Waals surface area contributed by atoms with Crippen LogP contribution in [0.15, 0.2) is 12.3 Å². The van der Waals surface area contributed by atoms with E-state index in [1.165, 1.54) is 6.20 Å². The van der Waals surface area contributed by atoms with Crippen LogP contribution < -0.4 is 5.48 Å². The fourth-order valence-electron chi connectivity index (χ4n) is 2.89. The molecule has 0 unspecified atom stereocenters. The Bertz CT molecular complexity index is 468. The number of hydrogen-bond donors (Lipinski definition) is 1. The molecule has 2 aliphatic rings. The molecular weight excluding hydrogens is 235 g/mol. The van der Waals surface area contributed by atoms with Crippen LogP contribution in [0.2, 0.25) is 0 Å². The monoisotopic (exact) mass is 252 g/mol. The SMILES string of the molecule is Cc1cc([C@]23CO[C@@H](C)C[C@H]2CON3)c(F)cn1. The molecule has 18 heavy (non-hydrogen) atoms. The number of pyridine rings is 1. The highest BCUT2D eigenvalue weighted by atomic mass is 19.1. The number of ether oxygens (including phenoxy) is 1. The third kappa shape index (κ3) is 1.74. The van der Waals surface area contributed by atoms with Crippen molar-refractivity contribution in [2.45, 2.75) is 31.9 Å². The number of aromatic nitrogens is 1. The second-order valence-corrected chi connectivity index (χ2v) is 5.24. The van der Waals surface area contributed by atoms with Gasteiger partial charge in [0.05, 0.1) is 31.1 Å². The first kappa shape index (κ1) is 12.0. The molecule has 0 aliphatic carbocycles. The molecular formula is C13H17FN2O2. The summed E-state index contributed by atoms with van der Waals surface area (Å²) < 4.78 is 19.8. The Hall–Kier alpha value is -1.04. The molecule has 3 atom stereocenters. The van der Waals surface area contributed by atoms with Crippen LogP contribution in [-0.2, 0) is 15.1 Å². The number of hydroxylamine groups is 1. The van der Waals surface area contributed by atoms with E-state index in [-0.39, 0.29) is 17.8 Å². The Kier molecular flexibility index (Phi) is 2.84. The topological polar surface area (TPSA) is 43.4 Å². The lowest BCUT2D eigenvalue weighted by Crippen LogP contribution is -2.51. The van der Waals surface area contributed by atoms with Gasteiger partial charge in [0.15, 0.2) is 0 Å². The second kappa shape index (κ2) is 4.26. The summed E-state index contributed by atoms with van der Waals surface area (Å²) in [5.41, 5.74) is 3.82. The molecule has 0 spiro atoms. The molecule has 4 nitrogen and oxygen atoms in total. The number of rotatable bonds is 1. The van der Waals surface area contributed by atoms with Crippen LogP contribution in [0.5, 0.6) is 0 Å². The predicted molar refractivity (Wildman–Crippen MR) is 63.2 cm³/mol. The maximum atomic E-state index is 14.1. The summed E-state index contributed by atoms with van der Waals surface area (Å²) in [4.78, 5) is 9.35. The Labute approximate surface area is 105 Å². The highest BCUT2D eigenvalue weighted by molar-refractivity contribution is 5.29. The normalized spacial score (nSPS) is 35.5. The summed E-state index contributed by atoms with van der Waals surface area (Å²) in [5, 5.41) is 0. The molecule has 2 fully saturated rings. The third-order valence-electron chi connectivity index (χ3n) is 3.92. The van der Waals surface area contributed by atoms with Crippen LogP contribution in [0.1, 0.15) is 24.6 Å². The van der Waals surface area contributed by atoms with Crippen molar-refractivity contribution in [3.63, 3.8) is 0 Å². The first-order valence-corrected chi connectivity index (χ1v) is 6.25. The highest BCUT2D eigenvalue weighted by Gasteiger charge is 2.50. The molecule has 3 heterocycles. The van der Waals surface area contributed by atoms with Crippen molar-refractivity contribution in [2.75, 3.05) is 13.2 Å². The maximum Gasteiger partial charge on any atom is 0.146 e. The third-order valence-corrected chi connectivity index (χ3v) is 3.92. The van der Waals surface area contributed by atoms with Gasteiger partial charge in [-0.25, -0.2) is 4.39 Å². The van der Waals surface area contributed by atoms with Crippen LogP contribution in [-0.4, -0.2) is 24.3 Å². The molecule has 98 valence electrons. The van der Waals surface area contributed by atoms with E-state index in [1.807, 2.05) is 13.8 Å². The molecule has 5 heteroatoms. The molecule has 0 saturated carbocycles. The van der Waals surface area contributed by atoms with Gasteiger partial charge in [-0.15, -0.1) is 0 Å². The van der Waals surface area contributed by atoms with E-state index in [0.29, 0.717) is 18.8 Å². The number of nitrogens with zero attached hydrogens (tertiary/aromatic N) is 1. The van der Waals surface area contributed by atoms with Crippen molar-refractivity contribution >= 4 is 0 Å². The fourth-order valence-corrected chi connectivity index (χ4v) is 2.89. The Balaban J connectivity index is 2.05. The molecule has 0 aromatic carbocycles. The lowest BCUT2D eigenvalue weighted by Gasteiger charge is -2.40. The maximum absolute atomic E-state index is 14.1. The summed E-state index contributed by atoms with van der Waals surface area (Å²) in [6.45, 7) is 4.92. The summed E-state index contributed by atoms with van der Waals surface area (Å²) in [6, 6.07) is 1.78. The number of nitrogens with one attached hydrogen (secondary N) is 1. The van der Waals surface area contributed by atoms with Crippen molar-refractivity contribution in [3.05, 3.63) is 29.3 Å². The fraction of sp³-hybridized carbons (Fsp3) is 0.615. The Morgan fingerprint density at radius 2 is 2.39 bits per heavy atom. The van der Waals surface area contributed by atoms with Crippen molar-refractivity contribution < 1.29 is 14.0 Å². The summed E-state index contributed by atoms with van der Waals surface area (Å²) in [5.74, 6) is -0.0701. The van der Waals surface area contributed by atoms with Crippen LogP contribution in [0.3, 0.4) is 0 Å². The van der Waals surface area contributed by atoms with Gasteiger partial charge >= 0.3 is 0 Å². The minimum atomic E-state index is -0.565. The molecule has 0 amide bonds. The average Bonchev–Trinajstić information content (AvgIpc) is 2.76. The van der Waals surface area contributed by atoms with E-state index in [9.17, 15) is 4.39 Å². The summed E-state index contributed by atoms with van der Waals surface area (Å²) in [6.07, 6.45) is 2.33. The Morgan fingerprint density at radius 3 is 3.22 bits per heavy atom. The van der Waals surface area contributed by atoms with Gasteiger partial charge in [-0.3, -0.25) is 4.98 Å². The zero-order valence-electron chi connectivity index (χ0n) is 10.6. The van der Waals surface area contributed by atoms with E-state index in [0.717, 1.165) is 12.1 Å². The summed E-state index contributed by atoms with van der Waals surface area (Å²) >= 11 is 0. The van der Waals surface area contributed by atoms with E-state index >= 15 is 0 Å². The quantitative estimate of drug-likeness (QED) is 0.826. The predicted octanol–water partition coefficient (Wildman–Crippen LogP) is 1.68. The number of fused-ring (bicyclic) bond motifs is 1. The Morgan fingerprint density at radius 1 is 1.56 bits per heavy atom. The van der Waals surface area contributed by atoms with E-state index in [4.69, 9.17) is 9.57 Å². The van der Waals surface area contributed by atoms with Crippen LogP contribution in [0.4, 0.5) is 4.39 Å². The standard InChI is InChI=1S/C13H17FN2O2/c1-8-3-11(12(14)5-15-8)13-7-17-9(2)4-10(13)6-18-16-13/h3,5,9-10,16H,4,6-7H2,1-2H3/t9-,10-,13-/m0/s1. The molecule has 1 aromatic heterocycles. The summed E-state index contributed by atoms with van der Waals surface area (Å²) in [7, 11) is 0. The first-order valence-electron chi connectivity index (χ1n) is 6.25. The van der Waals surface area contributed by atoms with Crippen LogP contribution in [0, 0.1) is 18.7 Å². The molecule has 1 aromatic rings. The van der Waals surface area contributed by atoms with E-state index in [1.54, 1.807) is 6.07 Å². The van der Waals surface area contributed by atoms with Gasteiger partial charge in [-0.1, -0.05) is 0 Å². The van der Waals surface area contributed by atoms with E-state index in [2.05, 4.69) is 10.5 Å². The van der Waals surface area contributed by atoms with E-state index < -0.39 is 5.54 Å². The number of halogens is 1. The largest absolute Gasteiger partial charge is 0.376 e. The lowest BCUT2D eigenvalue weighted by atomic mass is 9.76. The van der Waals surface area contributed by atoms with Crippen molar-refractivity contribution in [3.8, 4) is 0 Å². The van der Waals surface area contributed by atoms with Gasteiger partial charge in [0.2, 0.25) is 0 Å². The molecule has 2 saturated heterocycles. The van der Waals surface area contributed by atoms with Gasteiger partial charge in [0.25, 0.3) is 0 Å². The molecule has 3 rings (SSSR count). The lowest BCUT2D eigenvalue weighted by molar-refractivity contribution is -0.0615. The zero-order valence-corrected chi connectivity index (χ0v) is 10.6. The smallest absolute Gasteiger partial charge is 0.146 e. The second-order valence-electron chi connectivity index (χ2n) is 5.24. The first-order chi connectivity index (χ1) is 8.62. The number of aryl methyl sites for hydroxylation is 1. The van der Waals surface area contributed by atoms with Gasteiger partial charge in [-0.2, -0.15) is 5.48 Å². The van der Waals surface area contributed by atoms with Gasteiger partial charge in [0.1, 0.15) is 5.82 Å². The van der Waals surface area contributed by atoms with Crippen molar-refractivity contribution in [1.82, 2.24) is 10.5 Å². The molecule has 0 radical (unpaired) electrons. The zero-order chi connectivity index (χ0) is 12.8. The highest BCUT2D eigenvalue weighted by Crippen LogP contribution is 2.42.